The zero-order valence-corrected chi connectivity index (χ0v) is 15.9. The Hall–Kier alpha value is -2.34. The van der Waals surface area contributed by atoms with Gasteiger partial charge in [0.25, 0.3) is 0 Å². The number of carboxylic acids is 1. The van der Waals surface area contributed by atoms with E-state index in [4.69, 9.17) is 0 Å². The molecule has 1 saturated heterocycles. The van der Waals surface area contributed by atoms with Crippen molar-refractivity contribution in [3.63, 3.8) is 0 Å². The average molecular weight is 387 g/mol. The Morgan fingerprint density at radius 1 is 1.15 bits per heavy atom. The molecule has 3 rings (SSSR count). The topological polar surface area (TPSA) is 57.6 Å². The molecule has 1 aliphatic heterocycles. The fraction of sp³-hybridized carbons (Fsp3) is 0.333. The fourth-order valence-corrected chi connectivity index (χ4v) is 4.32. The number of hydrogen-bond donors (Lipinski definition) is 1. The maximum Gasteiger partial charge on any atom is 0.308 e. The summed E-state index contributed by atoms with van der Waals surface area (Å²) in [5, 5.41) is 9.58. The first kappa shape index (κ1) is 19.4. The summed E-state index contributed by atoms with van der Waals surface area (Å²) in [5.74, 6) is -1.65. The molecular formula is C21H22FNO3S. The van der Waals surface area contributed by atoms with E-state index in [1.54, 1.807) is 17.0 Å². The molecule has 1 heterocycles. The third-order valence-corrected chi connectivity index (χ3v) is 6.18. The molecule has 0 aliphatic carbocycles. The van der Waals surface area contributed by atoms with E-state index in [9.17, 15) is 19.1 Å². The van der Waals surface area contributed by atoms with Crippen LogP contribution >= 0.6 is 11.8 Å². The number of rotatable bonds is 6. The lowest BCUT2D eigenvalue weighted by atomic mass is 9.89. The second kappa shape index (κ2) is 8.57. The maximum atomic E-state index is 13.0. The van der Waals surface area contributed by atoms with E-state index in [0.29, 0.717) is 12.3 Å². The number of hydrogen-bond acceptors (Lipinski definition) is 3. The number of carbonyl (C=O) groups excluding carboxylic acids is 1. The van der Waals surface area contributed by atoms with Crippen molar-refractivity contribution in [2.45, 2.75) is 17.7 Å². The van der Waals surface area contributed by atoms with E-state index in [0.717, 1.165) is 10.5 Å². The summed E-state index contributed by atoms with van der Waals surface area (Å²) >= 11 is 1.50. The molecule has 27 heavy (non-hydrogen) atoms. The van der Waals surface area contributed by atoms with Crippen LogP contribution in [-0.4, -0.2) is 40.7 Å². The van der Waals surface area contributed by atoms with Gasteiger partial charge < -0.3 is 10.0 Å². The average Bonchev–Trinajstić information content (AvgIpc) is 3.13. The molecule has 6 heteroatoms. The number of benzene rings is 2. The van der Waals surface area contributed by atoms with Gasteiger partial charge in [0.1, 0.15) is 5.82 Å². The van der Waals surface area contributed by atoms with E-state index in [1.165, 1.54) is 23.9 Å². The predicted molar refractivity (Wildman–Crippen MR) is 103 cm³/mol. The highest BCUT2D eigenvalue weighted by atomic mass is 32.2. The highest BCUT2D eigenvalue weighted by Gasteiger charge is 2.41. The number of carboxylic acid groups (broad SMARTS) is 1. The highest BCUT2D eigenvalue weighted by molar-refractivity contribution is 7.99. The summed E-state index contributed by atoms with van der Waals surface area (Å²) in [6, 6.07) is 15.7. The Kier molecular flexibility index (Phi) is 6.16. The quantitative estimate of drug-likeness (QED) is 0.765. The number of aliphatic carboxylic acids is 1. The first-order valence-electron chi connectivity index (χ1n) is 8.90. The Labute approximate surface area is 162 Å². The minimum Gasteiger partial charge on any atom is -0.481 e. The summed E-state index contributed by atoms with van der Waals surface area (Å²) in [6.07, 6.45) is 0. The number of likely N-dealkylation sites (tertiary alicyclic amines) is 1. The minimum atomic E-state index is -0.868. The molecule has 2 aromatic rings. The van der Waals surface area contributed by atoms with Crippen LogP contribution in [0.25, 0.3) is 0 Å². The van der Waals surface area contributed by atoms with Crippen LogP contribution in [0.3, 0.4) is 0 Å². The van der Waals surface area contributed by atoms with E-state index < -0.39 is 11.9 Å². The monoisotopic (exact) mass is 387 g/mol. The van der Waals surface area contributed by atoms with Crippen LogP contribution in [-0.2, 0) is 9.59 Å². The Morgan fingerprint density at radius 3 is 2.44 bits per heavy atom. The van der Waals surface area contributed by atoms with Crippen molar-refractivity contribution in [2.24, 2.45) is 11.8 Å². The molecule has 0 radical (unpaired) electrons. The summed E-state index contributed by atoms with van der Waals surface area (Å²) in [7, 11) is 0. The van der Waals surface area contributed by atoms with Gasteiger partial charge in [-0.3, -0.25) is 9.59 Å². The molecule has 3 atom stereocenters. The summed E-state index contributed by atoms with van der Waals surface area (Å²) in [5.41, 5.74) is 0.952. The van der Waals surface area contributed by atoms with Crippen molar-refractivity contribution < 1.29 is 19.1 Å². The molecule has 142 valence electrons. The lowest BCUT2D eigenvalue weighted by Gasteiger charge is -2.21. The summed E-state index contributed by atoms with van der Waals surface area (Å²) in [6.45, 7) is 2.51. The van der Waals surface area contributed by atoms with Gasteiger partial charge in [-0.1, -0.05) is 37.3 Å². The van der Waals surface area contributed by atoms with Crippen LogP contribution in [0.15, 0.2) is 59.5 Å². The molecule has 0 aromatic heterocycles. The third-order valence-electron chi connectivity index (χ3n) is 4.91. The smallest absolute Gasteiger partial charge is 0.308 e. The van der Waals surface area contributed by atoms with Gasteiger partial charge in [0, 0.05) is 35.6 Å². The zero-order valence-electron chi connectivity index (χ0n) is 15.0. The molecule has 1 fully saturated rings. The third kappa shape index (κ3) is 4.69. The molecule has 1 N–H and O–H groups in total. The van der Waals surface area contributed by atoms with Crippen LogP contribution in [0.1, 0.15) is 18.4 Å². The first-order chi connectivity index (χ1) is 13.0. The lowest BCUT2D eigenvalue weighted by molar-refractivity contribution is -0.142. The fourth-order valence-electron chi connectivity index (χ4n) is 3.41. The van der Waals surface area contributed by atoms with Crippen molar-refractivity contribution in [1.29, 1.82) is 0 Å². The van der Waals surface area contributed by atoms with Gasteiger partial charge in [-0.05, 0) is 29.8 Å². The van der Waals surface area contributed by atoms with E-state index in [2.05, 4.69) is 0 Å². The predicted octanol–water partition coefficient (Wildman–Crippen LogP) is 3.88. The second-order valence-corrected chi connectivity index (χ2v) is 7.96. The van der Waals surface area contributed by atoms with Crippen molar-refractivity contribution in [3.8, 4) is 0 Å². The number of amides is 1. The zero-order chi connectivity index (χ0) is 19.4. The van der Waals surface area contributed by atoms with Crippen molar-refractivity contribution >= 4 is 23.6 Å². The van der Waals surface area contributed by atoms with Crippen LogP contribution in [0.5, 0.6) is 0 Å². The molecule has 0 saturated carbocycles. The van der Waals surface area contributed by atoms with Crippen LogP contribution in [0.4, 0.5) is 4.39 Å². The first-order valence-corrected chi connectivity index (χ1v) is 9.89. The van der Waals surface area contributed by atoms with E-state index in [1.807, 2.05) is 37.3 Å². The maximum absolute atomic E-state index is 13.0. The SMILES string of the molecule is CC(CSc1ccc(F)cc1)C(=O)N1C[C@H](C(=O)O)[C@H](c2ccccc2)C1. The van der Waals surface area contributed by atoms with Gasteiger partial charge in [0.2, 0.25) is 5.91 Å². The number of nitrogens with zero attached hydrogens (tertiary/aromatic N) is 1. The normalized spacial score (nSPS) is 20.4. The Balaban J connectivity index is 1.63. The lowest BCUT2D eigenvalue weighted by Crippen LogP contribution is -2.35. The number of thioether (sulfide) groups is 1. The summed E-state index contributed by atoms with van der Waals surface area (Å²) in [4.78, 5) is 27.1. The number of carbonyl (C=O) groups is 2. The van der Waals surface area contributed by atoms with Gasteiger partial charge in [-0.15, -0.1) is 11.8 Å². The standard InChI is InChI=1S/C21H22FNO3S/c1-14(13-27-17-9-7-16(22)8-10-17)20(24)23-11-18(19(12-23)21(25)26)15-5-3-2-4-6-15/h2-10,14,18-19H,11-13H2,1H3,(H,25,26)/t14?,18-,19-/m0/s1. The van der Waals surface area contributed by atoms with E-state index in [-0.39, 0.29) is 30.1 Å². The number of halogens is 1. The van der Waals surface area contributed by atoms with Crippen molar-refractivity contribution in [2.75, 3.05) is 18.8 Å². The Morgan fingerprint density at radius 2 is 1.81 bits per heavy atom. The molecule has 0 spiro atoms. The second-order valence-electron chi connectivity index (χ2n) is 6.87. The van der Waals surface area contributed by atoms with Crippen molar-refractivity contribution in [3.05, 3.63) is 66.0 Å². The molecular weight excluding hydrogens is 365 g/mol. The van der Waals surface area contributed by atoms with E-state index >= 15 is 0 Å². The molecule has 1 amide bonds. The molecule has 1 aliphatic rings. The Bertz CT molecular complexity index is 797. The van der Waals surface area contributed by atoms with Crippen molar-refractivity contribution in [1.82, 2.24) is 4.90 Å². The summed E-state index contributed by atoms with van der Waals surface area (Å²) < 4.78 is 13.0. The van der Waals surface area contributed by atoms with Gasteiger partial charge in [0.15, 0.2) is 0 Å². The van der Waals surface area contributed by atoms with Gasteiger partial charge in [0.05, 0.1) is 5.92 Å². The largest absolute Gasteiger partial charge is 0.481 e. The van der Waals surface area contributed by atoms with Gasteiger partial charge in [-0.2, -0.15) is 0 Å². The molecule has 1 unspecified atom stereocenters. The van der Waals surface area contributed by atoms with Crippen LogP contribution < -0.4 is 0 Å². The molecule has 4 nitrogen and oxygen atoms in total. The molecule has 2 aromatic carbocycles. The van der Waals surface area contributed by atoms with Crippen LogP contribution in [0, 0.1) is 17.7 Å². The van der Waals surface area contributed by atoms with Gasteiger partial charge >= 0.3 is 5.97 Å². The minimum absolute atomic E-state index is 0.0331. The van der Waals surface area contributed by atoms with Crippen LogP contribution in [0.2, 0.25) is 0 Å². The van der Waals surface area contributed by atoms with Gasteiger partial charge in [-0.25, -0.2) is 4.39 Å². The highest BCUT2D eigenvalue weighted by Crippen LogP contribution is 2.34. The molecule has 0 bridgehead atoms.